The van der Waals surface area contributed by atoms with Crippen molar-refractivity contribution in [3.63, 3.8) is 0 Å². The van der Waals surface area contributed by atoms with Crippen molar-refractivity contribution >= 4 is 16.9 Å². The number of nitrogen functional groups attached to an aromatic ring is 1. The molecule has 0 saturated heterocycles. The average Bonchev–Trinajstić information content (AvgIpc) is 2.49. The van der Waals surface area contributed by atoms with Crippen LogP contribution in [0.5, 0.6) is 0 Å². The van der Waals surface area contributed by atoms with Crippen molar-refractivity contribution in [1.29, 1.82) is 0 Å². The fourth-order valence-electron chi connectivity index (χ4n) is 1.12. The summed E-state index contributed by atoms with van der Waals surface area (Å²) in [4.78, 5) is 10.9. The lowest BCUT2D eigenvalue weighted by molar-refractivity contribution is 1.01. The van der Waals surface area contributed by atoms with Crippen molar-refractivity contribution in [2.75, 3.05) is 5.73 Å². The molecule has 0 atom stereocenters. The molecule has 0 aliphatic carbocycles. The number of anilines is 1. The lowest BCUT2D eigenvalue weighted by Gasteiger charge is -1.90. The van der Waals surface area contributed by atoms with Gasteiger partial charge in [-0.15, -0.1) is 0 Å². The average molecular weight is 163 g/mol. The van der Waals surface area contributed by atoms with Gasteiger partial charge in [-0.25, -0.2) is 9.97 Å². The second-order valence-corrected chi connectivity index (χ2v) is 2.52. The molecule has 0 unspecified atom stereocenters. The largest absolute Gasteiger partial charge is 0.383 e. The first-order chi connectivity index (χ1) is 5.81. The standard InChI is InChI=1S/C7H9N5/c8-2-4-1-5-6(9)10-3-11-7(5)12-4/h1,3H,2,8H2,(H3,9,10,11,12). The zero-order valence-electron chi connectivity index (χ0n) is 6.41. The van der Waals surface area contributed by atoms with Crippen LogP contribution in [-0.4, -0.2) is 15.0 Å². The molecule has 0 radical (unpaired) electrons. The molecule has 0 aliphatic heterocycles. The first-order valence-electron chi connectivity index (χ1n) is 3.59. The van der Waals surface area contributed by atoms with E-state index in [0.29, 0.717) is 12.4 Å². The molecule has 0 spiro atoms. The minimum atomic E-state index is 0.454. The van der Waals surface area contributed by atoms with E-state index in [4.69, 9.17) is 11.5 Å². The van der Waals surface area contributed by atoms with Crippen LogP contribution in [0, 0.1) is 0 Å². The van der Waals surface area contributed by atoms with Crippen molar-refractivity contribution in [2.24, 2.45) is 5.73 Å². The van der Waals surface area contributed by atoms with Gasteiger partial charge in [0.15, 0.2) is 0 Å². The van der Waals surface area contributed by atoms with Crippen LogP contribution < -0.4 is 11.5 Å². The number of hydrogen-bond acceptors (Lipinski definition) is 4. The third-order valence-electron chi connectivity index (χ3n) is 1.73. The lowest BCUT2D eigenvalue weighted by Crippen LogP contribution is -1.95. The van der Waals surface area contributed by atoms with Crippen molar-refractivity contribution in [1.82, 2.24) is 15.0 Å². The minimum absolute atomic E-state index is 0.454. The Morgan fingerprint density at radius 3 is 2.92 bits per heavy atom. The smallest absolute Gasteiger partial charge is 0.143 e. The molecule has 2 aromatic heterocycles. The van der Waals surface area contributed by atoms with E-state index >= 15 is 0 Å². The molecule has 0 bridgehead atoms. The molecule has 5 heteroatoms. The van der Waals surface area contributed by atoms with Crippen LogP contribution in [0.1, 0.15) is 5.69 Å². The van der Waals surface area contributed by atoms with Crippen molar-refractivity contribution in [2.45, 2.75) is 6.54 Å². The second kappa shape index (κ2) is 2.46. The van der Waals surface area contributed by atoms with Crippen LogP contribution in [-0.2, 0) is 6.54 Å². The van der Waals surface area contributed by atoms with E-state index in [-0.39, 0.29) is 0 Å². The van der Waals surface area contributed by atoms with Gasteiger partial charge in [0.1, 0.15) is 17.8 Å². The van der Waals surface area contributed by atoms with Gasteiger partial charge in [0.2, 0.25) is 0 Å². The lowest BCUT2D eigenvalue weighted by atomic mass is 10.3. The summed E-state index contributed by atoms with van der Waals surface area (Å²) in [5.41, 5.74) is 12.7. The number of aromatic nitrogens is 3. The summed E-state index contributed by atoms with van der Waals surface area (Å²) in [6.45, 7) is 0.454. The number of fused-ring (bicyclic) bond motifs is 1. The summed E-state index contributed by atoms with van der Waals surface area (Å²) in [5, 5.41) is 0.831. The molecule has 0 amide bonds. The van der Waals surface area contributed by atoms with Gasteiger partial charge in [0, 0.05) is 12.2 Å². The van der Waals surface area contributed by atoms with Crippen LogP contribution >= 0.6 is 0 Å². The van der Waals surface area contributed by atoms with Gasteiger partial charge in [0.05, 0.1) is 5.39 Å². The Balaban J connectivity index is 2.74. The zero-order valence-corrected chi connectivity index (χ0v) is 6.41. The molecule has 2 rings (SSSR count). The Bertz CT molecular complexity index is 405. The van der Waals surface area contributed by atoms with Gasteiger partial charge in [-0.3, -0.25) is 0 Å². The molecular formula is C7H9N5. The van der Waals surface area contributed by atoms with Crippen molar-refractivity contribution in [3.8, 4) is 0 Å². The van der Waals surface area contributed by atoms with E-state index in [1.807, 2.05) is 6.07 Å². The molecule has 62 valence electrons. The third-order valence-corrected chi connectivity index (χ3v) is 1.73. The van der Waals surface area contributed by atoms with Gasteiger partial charge < -0.3 is 16.5 Å². The highest BCUT2D eigenvalue weighted by Crippen LogP contribution is 2.16. The SMILES string of the molecule is NCc1cc2c(N)ncnc2[nH]1. The Hall–Kier alpha value is -1.62. The molecule has 12 heavy (non-hydrogen) atoms. The first-order valence-corrected chi connectivity index (χ1v) is 3.59. The molecule has 0 saturated carbocycles. The third kappa shape index (κ3) is 0.911. The highest BCUT2D eigenvalue weighted by Gasteiger charge is 2.03. The molecule has 0 aliphatic rings. The number of H-pyrrole nitrogens is 1. The topological polar surface area (TPSA) is 93.6 Å². The summed E-state index contributed by atoms with van der Waals surface area (Å²) in [6, 6.07) is 1.87. The van der Waals surface area contributed by atoms with E-state index in [9.17, 15) is 0 Å². The maximum atomic E-state index is 5.61. The van der Waals surface area contributed by atoms with Crippen LogP contribution in [0.2, 0.25) is 0 Å². The number of rotatable bonds is 1. The minimum Gasteiger partial charge on any atom is -0.383 e. The number of nitrogens with zero attached hydrogens (tertiary/aromatic N) is 2. The molecular weight excluding hydrogens is 154 g/mol. The maximum Gasteiger partial charge on any atom is 0.143 e. The Morgan fingerprint density at radius 2 is 2.25 bits per heavy atom. The van der Waals surface area contributed by atoms with Crippen LogP contribution in [0.15, 0.2) is 12.4 Å². The number of nitrogens with one attached hydrogen (secondary N) is 1. The summed E-state index contributed by atoms with van der Waals surface area (Å²) < 4.78 is 0. The highest BCUT2D eigenvalue weighted by atomic mass is 15.0. The van der Waals surface area contributed by atoms with Crippen LogP contribution in [0.4, 0.5) is 5.82 Å². The molecule has 5 N–H and O–H groups in total. The van der Waals surface area contributed by atoms with E-state index < -0.39 is 0 Å². The predicted octanol–water partition coefficient (Wildman–Crippen LogP) is -0.00120. The Labute approximate surface area is 68.8 Å². The summed E-state index contributed by atoms with van der Waals surface area (Å²) in [5.74, 6) is 0.482. The fourth-order valence-corrected chi connectivity index (χ4v) is 1.12. The molecule has 2 aromatic rings. The quantitative estimate of drug-likeness (QED) is 0.551. The Morgan fingerprint density at radius 1 is 1.42 bits per heavy atom. The highest BCUT2D eigenvalue weighted by molar-refractivity contribution is 5.86. The summed E-state index contributed by atoms with van der Waals surface area (Å²) in [7, 11) is 0. The number of nitrogens with two attached hydrogens (primary N) is 2. The fraction of sp³-hybridized carbons (Fsp3) is 0.143. The predicted molar refractivity (Wildman–Crippen MR) is 46.2 cm³/mol. The van der Waals surface area contributed by atoms with Crippen LogP contribution in [0.25, 0.3) is 11.0 Å². The molecule has 0 aromatic carbocycles. The molecule has 0 fully saturated rings. The van der Waals surface area contributed by atoms with Crippen molar-refractivity contribution < 1.29 is 0 Å². The zero-order chi connectivity index (χ0) is 8.55. The van der Waals surface area contributed by atoms with Crippen LogP contribution in [0.3, 0.4) is 0 Å². The van der Waals surface area contributed by atoms with E-state index in [1.165, 1.54) is 6.33 Å². The Kier molecular flexibility index (Phi) is 1.44. The van der Waals surface area contributed by atoms with E-state index in [0.717, 1.165) is 16.7 Å². The van der Waals surface area contributed by atoms with E-state index in [1.54, 1.807) is 0 Å². The van der Waals surface area contributed by atoms with Crippen molar-refractivity contribution in [3.05, 3.63) is 18.1 Å². The van der Waals surface area contributed by atoms with E-state index in [2.05, 4.69) is 15.0 Å². The number of aromatic amines is 1. The van der Waals surface area contributed by atoms with Gasteiger partial charge >= 0.3 is 0 Å². The second-order valence-electron chi connectivity index (χ2n) is 2.52. The number of hydrogen-bond donors (Lipinski definition) is 3. The monoisotopic (exact) mass is 163 g/mol. The van der Waals surface area contributed by atoms with Gasteiger partial charge in [-0.2, -0.15) is 0 Å². The summed E-state index contributed by atoms with van der Waals surface area (Å²) >= 11 is 0. The van der Waals surface area contributed by atoms with Gasteiger partial charge in [-0.05, 0) is 6.07 Å². The molecule has 2 heterocycles. The van der Waals surface area contributed by atoms with Gasteiger partial charge in [0.25, 0.3) is 0 Å². The summed E-state index contributed by atoms with van der Waals surface area (Å²) in [6.07, 6.45) is 1.43. The van der Waals surface area contributed by atoms with Gasteiger partial charge in [-0.1, -0.05) is 0 Å². The first kappa shape index (κ1) is 7.05. The molecule has 5 nitrogen and oxygen atoms in total. The normalized spacial score (nSPS) is 10.8. The maximum absolute atomic E-state index is 5.61.